The summed E-state index contributed by atoms with van der Waals surface area (Å²) in [4.78, 5) is 14.9. The molecule has 5 heteroatoms. The van der Waals surface area contributed by atoms with Crippen LogP contribution in [0.1, 0.15) is 37.8 Å². The summed E-state index contributed by atoms with van der Waals surface area (Å²) >= 11 is 0. The summed E-state index contributed by atoms with van der Waals surface area (Å²) in [7, 11) is 0. The largest absolute Gasteiger partial charge is 0.455 e. The number of para-hydroxylation sites is 3. The number of hydrogen-bond acceptors (Lipinski definition) is 4. The number of aromatic nitrogens is 4. The molecule has 13 rings (SSSR count). The molecule has 3 aromatic heterocycles. The van der Waals surface area contributed by atoms with Gasteiger partial charge in [0.15, 0.2) is 17.5 Å². The van der Waals surface area contributed by atoms with Crippen molar-refractivity contribution in [2.45, 2.75) is 32.1 Å². The Kier molecular flexibility index (Phi) is 8.31. The van der Waals surface area contributed by atoms with Gasteiger partial charge in [-0.1, -0.05) is 177 Å². The van der Waals surface area contributed by atoms with Gasteiger partial charge in [-0.05, 0) is 77.1 Å². The third-order valence-electron chi connectivity index (χ3n) is 13.8. The van der Waals surface area contributed by atoms with Gasteiger partial charge in [-0.15, -0.1) is 0 Å². The van der Waals surface area contributed by atoms with Crippen molar-refractivity contribution in [3.05, 3.63) is 211 Å². The molecule has 0 saturated carbocycles. The zero-order valence-corrected chi connectivity index (χ0v) is 36.1. The van der Waals surface area contributed by atoms with E-state index in [1.54, 1.807) is 5.57 Å². The molecule has 0 atom stereocenters. The lowest BCUT2D eigenvalue weighted by atomic mass is 9.78. The van der Waals surface area contributed by atoms with Gasteiger partial charge in [0.05, 0.1) is 11.0 Å². The molecule has 0 saturated heterocycles. The molecule has 11 aromatic rings. The van der Waals surface area contributed by atoms with Crippen molar-refractivity contribution in [1.82, 2.24) is 19.5 Å². The summed E-state index contributed by atoms with van der Waals surface area (Å²) in [6, 6.07) is 64.3. The van der Waals surface area contributed by atoms with E-state index in [9.17, 15) is 0 Å². The Labute approximate surface area is 376 Å². The molecule has 8 aromatic carbocycles. The zero-order chi connectivity index (χ0) is 43.2. The fraction of sp³-hybridized carbons (Fsp3) is 0.0833. The van der Waals surface area contributed by atoms with Crippen LogP contribution >= 0.6 is 0 Å². The Hall–Kier alpha value is -8.15. The van der Waals surface area contributed by atoms with Gasteiger partial charge in [0.2, 0.25) is 0 Å². The molecular formula is C60H42N4O. The first-order chi connectivity index (χ1) is 32.0. The second-order valence-electron chi connectivity index (χ2n) is 17.9. The minimum atomic E-state index is -0.00407. The standard InChI is InChI=1S/C60H42N4O/c1-60(2)51-28-11-9-22-45(51)49-35-50-46-23-10-12-29-53(46)64(54(50)36-52(49)60)42-32-30-37(31-33-42)43-24-14-26-47-48-27-15-25-44(56(48)65-55(43)47)40-20-13-21-41(34-40)59-62-57(38-16-5-3-6-17-38)61-58(63-59)39-18-7-4-8-19-39/h3-10,12-27,29-36H,11,28H2,1-2H3. The number of fused-ring (bicyclic) bond motifs is 8. The summed E-state index contributed by atoms with van der Waals surface area (Å²) in [5.74, 6) is 1.88. The van der Waals surface area contributed by atoms with Crippen LogP contribution in [0.15, 0.2) is 204 Å². The van der Waals surface area contributed by atoms with Crippen LogP contribution in [0.4, 0.5) is 0 Å². The first-order valence-electron chi connectivity index (χ1n) is 22.5. The van der Waals surface area contributed by atoms with Crippen molar-refractivity contribution in [1.29, 1.82) is 0 Å². The van der Waals surface area contributed by atoms with E-state index in [1.807, 2.05) is 60.7 Å². The average molecular weight is 835 g/mol. The van der Waals surface area contributed by atoms with E-state index >= 15 is 0 Å². The molecule has 0 bridgehead atoms. The molecule has 0 amide bonds. The van der Waals surface area contributed by atoms with E-state index < -0.39 is 0 Å². The highest BCUT2D eigenvalue weighted by molar-refractivity contribution is 6.14. The first-order valence-corrected chi connectivity index (χ1v) is 22.5. The maximum atomic E-state index is 6.99. The van der Waals surface area contributed by atoms with Gasteiger partial charge >= 0.3 is 0 Å². The Morgan fingerprint density at radius 3 is 1.72 bits per heavy atom. The summed E-state index contributed by atoms with van der Waals surface area (Å²) < 4.78 is 9.43. The lowest BCUT2D eigenvalue weighted by Gasteiger charge is -2.25. The SMILES string of the molecule is CC1(C)C2=C(C=CCC2)c2cc3c4ccccc4n(-c4ccc(-c5cccc6c5oc5c(-c7cccc(-c8nc(-c9ccccc9)nc(-c9ccccc9)n8)c7)cccc56)cc4)c3cc21. The second-order valence-corrected chi connectivity index (χ2v) is 17.9. The molecule has 2 aliphatic carbocycles. The summed E-state index contributed by atoms with van der Waals surface area (Å²) in [6.45, 7) is 4.81. The number of nitrogens with zero attached hydrogens (tertiary/aromatic N) is 4. The Morgan fingerprint density at radius 2 is 1.03 bits per heavy atom. The predicted molar refractivity (Wildman–Crippen MR) is 267 cm³/mol. The zero-order valence-electron chi connectivity index (χ0n) is 36.1. The number of furan rings is 1. The molecule has 0 N–H and O–H groups in total. The smallest absolute Gasteiger partial charge is 0.164 e. The predicted octanol–water partition coefficient (Wildman–Crippen LogP) is 15.6. The van der Waals surface area contributed by atoms with Gasteiger partial charge in [-0.3, -0.25) is 0 Å². The van der Waals surface area contributed by atoms with Crippen LogP contribution in [0.25, 0.3) is 111 Å². The minimum Gasteiger partial charge on any atom is -0.455 e. The molecule has 2 aliphatic rings. The van der Waals surface area contributed by atoms with Crippen LogP contribution in [0.5, 0.6) is 0 Å². The van der Waals surface area contributed by atoms with Gasteiger partial charge in [0, 0.05) is 60.5 Å². The van der Waals surface area contributed by atoms with Crippen LogP contribution in [-0.4, -0.2) is 19.5 Å². The molecule has 65 heavy (non-hydrogen) atoms. The van der Waals surface area contributed by atoms with Crippen LogP contribution in [0, 0.1) is 0 Å². The van der Waals surface area contributed by atoms with Gasteiger partial charge in [-0.25, -0.2) is 15.0 Å². The Balaban J connectivity index is 0.895. The quantitative estimate of drug-likeness (QED) is 0.167. The van der Waals surface area contributed by atoms with Gasteiger partial charge in [-0.2, -0.15) is 0 Å². The van der Waals surface area contributed by atoms with Crippen LogP contribution in [0.2, 0.25) is 0 Å². The molecule has 0 spiro atoms. The van der Waals surface area contributed by atoms with Crippen molar-refractivity contribution < 1.29 is 4.42 Å². The second kappa shape index (κ2) is 14.4. The summed E-state index contributed by atoms with van der Waals surface area (Å²) in [5, 5.41) is 4.73. The highest BCUT2D eigenvalue weighted by atomic mass is 16.3. The number of rotatable bonds is 6. The van der Waals surface area contributed by atoms with Crippen molar-refractivity contribution >= 4 is 49.3 Å². The molecule has 3 heterocycles. The fourth-order valence-electron chi connectivity index (χ4n) is 10.6. The molecule has 0 aliphatic heterocycles. The molecule has 5 nitrogen and oxygen atoms in total. The summed E-state index contributed by atoms with van der Waals surface area (Å²) in [6.07, 6.45) is 6.94. The third kappa shape index (κ3) is 5.89. The highest BCUT2D eigenvalue weighted by Crippen LogP contribution is 2.52. The number of allylic oxidation sites excluding steroid dienone is 4. The maximum absolute atomic E-state index is 6.99. The molecule has 0 fully saturated rings. The Morgan fingerprint density at radius 1 is 0.462 bits per heavy atom. The number of hydrogen-bond donors (Lipinski definition) is 0. The highest BCUT2D eigenvalue weighted by Gasteiger charge is 2.38. The lowest BCUT2D eigenvalue weighted by molar-refractivity contribution is 0.608. The monoisotopic (exact) mass is 834 g/mol. The van der Waals surface area contributed by atoms with Crippen LogP contribution in [-0.2, 0) is 5.41 Å². The van der Waals surface area contributed by atoms with E-state index in [4.69, 9.17) is 19.4 Å². The van der Waals surface area contributed by atoms with Crippen LogP contribution < -0.4 is 0 Å². The van der Waals surface area contributed by atoms with E-state index in [-0.39, 0.29) is 5.41 Å². The third-order valence-corrected chi connectivity index (χ3v) is 13.8. The van der Waals surface area contributed by atoms with Gasteiger partial charge < -0.3 is 8.98 Å². The number of benzene rings is 8. The lowest BCUT2D eigenvalue weighted by Crippen LogP contribution is -2.17. The molecular weight excluding hydrogens is 793 g/mol. The van der Waals surface area contributed by atoms with Gasteiger partial charge in [0.25, 0.3) is 0 Å². The normalized spacial score (nSPS) is 14.2. The van der Waals surface area contributed by atoms with E-state index in [1.165, 1.54) is 38.5 Å². The van der Waals surface area contributed by atoms with Crippen molar-refractivity contribution in [3.8, 4) is 62.1 Å². The van der Waals surface area contributed by atoms with Gasteiger partial charge in [0.1, 0.15) is 11.2 Å². The average Bonchev–Trinajstić information content (AvgIpc) is 3.99. The van der Waals surface area contributed by atoms with Crippen molar-refractivity contribution in [3.63, 3.8) is 0 Å². The van der Waals surface area contributed by atoms with E-state index in [2.05, 4.69) is 152 Å². The van der Waals surface area contributed by atoms with E-state index in [0.29, 0.717) is 17.5 Å². The maximum Gasteiger partial charge on any atom is 0.164 e. The molecule has 308 valence electrons. The Bertz CT molecular complexity index is 3720. The molecule has 0 unspecified atom stereocenters. The first kappa shape index (κ1) is 37.4. The van der Waals surface area contributed by atoms with Crippen LogP contribution in [0.3, 0.4) is 0 Å². The minimum absolute atomic E-state index is 0.00407. The summed E-state index contributed by atoms with van der Waals surface area (Å²) in [5.41, 5.74) is 18.1. The fourth-order valence-corrected chi connectivity index (χ4v) is 10.6. The van der Waals surface area contributed by atoms with Crippen molar-refractivity contribution in [2.24, 2.45) is 0 Å². The van der Waals surface area contributed by atoms with Crippen molar-refractivity contribution in [2.75, 3.05) is 0 Å². The van der Waals surface area contributed by atoms with E-state index in [0.717, 1.165) is 79.4 Å². The topological polar surface area (TPSA) is 56.7 Å². The molecule has 0 radical (unpaired) electrons.